The maximum Gasteiger partial charge on any atom is 0.223 e. The predicted molar refractivity (Wildman–Crippen MR) is 48.4 cm³/mol. The molecule has 70 valence electrons. The van der Waals surface area contributed by atoms with Crippen LogP contribution < -0.4 is 5.73 Å². The minimum Gasteiger partial charge on any atom is -0.388 e. The summed E-state index contributed by atoms with van der Waals surface area (Å²) < 4.78 is 0. The van der Waals surface area contributed by atoms with Crippen molar-refractivity contribution in [3.8, 4) is 0 Å². The van der Waals surface area contributed by atoms with Crippen LogP contribution in [-0.4, -0.2) is 17.1 Å². The number of aliphatic hydroxyl groups excluding tert-OH is 1. The van der Waals surface area contributed by atoms with E-state index in [1.54, 1.807) is 13.8 Å². The molecule has 2 atom stereocenters. The van der Waals surface area contributed by atoms with E-state index in [-0.39, 0.29) is 0 Å². The first-order valence-electron chi connectivity index (χ1n) is 4.14. The largest absolute Gasteiger partial charge is 0.388 e. The predicted octanol–water partition coefficient (Wildman–Crippen LogP) is 0.825. The Kier molecular flexibility index (Phi) is 4.59. The summed E-state index contributed by atoms with van der Waals surface area (Å²) in [7, 11) is 0. The Balaban J connectivity index is 4.28. The van der Waals surface area contributed by atoms with E-state index in [1.165, 1.54) is 0 Å². The highest BCUT2D eigenvalue weighted by Crippen LogP contribution is 2.11. The smallest absolute Gasteiger partial charge is 0.223 e. The topological polar surface area (TPSA) is 63.3 Å². The van der Waals surface area contributed by atoms with Gasteiger partial charge in [0.15, 0.2) is 0 Å². The molecule has 0 aliphatic carbocycles. The number of primary amides is 1. The van der Waals surface area contributed by atoms with Gasteiger partial charge in [0, 0.05) is 0 Å². The highest BCUT2D eigenvalue weighted by Gasteiger charge is 2.20. The summed E-state index contributed by atoms with van der Waals surface area (Å²) in [5, 5.41) is 9.52. The van der Waals surface area contributed by atoms with Crippen molar-refractivity contribution in [1.82, 2.24) is 0 Å². The van der Waals surface area contributed by atoms with Gasteiger partial charge in [0.2, 0.25) is 5.91 Å². The Morgan fingerprint density at radius 2 is 2.17 bits per heavy atom. The fourth-order valence-electron chi connectivity index (χ4n) is 0.993. The zero-order valence-electron chi connectivity index (χ0n) is 7.87. The van der Waals surface area contributed by atoms with Crippen molar-refractivity contribution in [3.63, 3.8) is 0 Å². The van der Waals surface area contributed by atoms with Gasteiger partial charge in [-0.2, -0.15) is 0 Å². The SMILES string of the molecule is CC/C=C(\C)[C@@H](O)[C@@H](C)C(N)=O. The van der Waals surface area contributed by atoms with Crippen LogP contribution in [0.2, 0.25) is 0 Å². The highest BCUT2D eigenvalue weighted by molar-refractivity contribution is 5.77. The molecule has 0 fully saturated rings. The van der Waals surface area contributed by atoms with E-state index >= 15 is 0 Å². The van der Waals surface area contributed by atoms with Crippen LogP contribution in [0, 0.1) is 5.92 Å². The maximum atomic E-state index is 10.7. The molecule has 1 amide bonds. The number of amides is 1. The van der Waals surface area contributed by atoms with Gasteiger partial charge in [0.1, 0.15) is 0 Å². The Morgan fingerprint density at radius 3 is 2.50 bits per heavy atom. The molecule has 0 radical (unpaired) electrons. The zero-order chi connectivity index (χ0) is 9.72. The molecule has 0 aromatic rings. The van der Waals surface area contributed by atoms with Crippen LogP contribution in [0.15, 0.2) is 11.6 Å². The second kappa shape index (κ2) is 4.93. The third-order valence-corrected chi connectivity index (χ3v) is 1.92. The molecule has 3 N–H and O–H groups in total. The van der Waals surface area contributed by atoms with Gasteiger partial charge in [-0.3, -0.25) is 4.79 Å². The number of carbonyl (C=O) groups is 1. The Morgan fingerprint density at radius 1 is 1.67 bits per heavy atom. The lowest BCUT2D eigenvalue weighted by Gasteiger charge is -2.16. The van der Waals surface area contributed by atoms with E-state index in [9.17, 15) is 9.90 Å². The Bertz CT molecular complexity index is 187. The molecule has 0 aliphatic rings. The van der Waals surface area contributed by atoms with Crippen LogP contribution in [-0.2, 0) is 4.79 Å². The zero-order valence-corrected chi connectivity index (χ0v) is 7.87. The minimum absolute atomic E-state index is 0.466. The van der Waals surface area contributed by atoms with E-state index in [1.807, 2.05) is 13.0 Å². The molecule has 0 bridgehead atoms. The maximum absolute atomic E-state index is 10.7. The van der Waals surface area contributed by atoms with Crippen molar-refractivity contribution in [2.45, 2.75) is 33.3 Å². The van der Waals surface area contributed by atoms with Gasteiger partial charge in [0.25, 0.3) is 0 Å². The number of hydrogen-bond donors (Lipinski definition) is 2. The van der Waals surface area contributed by atoms with Crippen LogP contribution in [0.1, 0.15) is 27.2 Å². The first-order chi connectivity index (χ1) is 5.50. The molecule has 0 aromatic carbocycles. The summed E-state index contributed by atoms with van der Waals surface area (Å²) in [4.78, 5) is 10.7. The molecule has 3 nitrogen and oxygen atoms in total. The average Bonchev–Trinajstić information content (AvgIpc) is 2.02. The number of rotatable bonds is 4. The monoisotopic (exact) mass is 171 g/mol. The van der Waals surface area contributed by atoms with Crippen LogP contribution in [0.4, 0.5) is 0 Å². The fourth-order valence-corrected chi connectivity index (χ4v) is 0.993. The Hall–Kier alpha value is -0.830. The molecule has 0 heterocycles. The molecule has 0 rings (SSSR count). The summed E-state index contributed by atoms with van der Waals surface area (Å²) in [6.45, 7) is 5.40. The summed E-state index contributed by atoms with van der Waals surface area (Å²) in [5.74, 6) is -0.973. The van der Waals surface area contributed by atoms with Crippen LogP contribution in [0.3, 0.4) is 0 Å². The van der Waals surface area contributed by atoms with Gasteiger partial charge in [-0.05, 0) is 18.9 Å². The number of aliphatic hydroxyl groups is 1. The van der Waals surface area contributed by atoms with E-state index < -0.39 is 17.9 Å². The van der Waals surface area contributed by atoms with E-state index in [0.29, 0.717) is 0 Å². The van der Waals surface area contributed by atoms with Gasteiger partial charge in [-0.25, -0.2) is 0 Å². The lowest BCUT2D eigenvalue weighted by molar-refractivity contribution is -0.123. The van der Waals surface area contributed by atoms with Gasteiger partial charge in [-0.1, -0.05) is 19.9 Å². The lowest BCUT2D eigenvalue weighted by atomic mass is 9.97. The molecule has 0 aliphatic heterocycles. The van der Waals surface area contributed by atoms with Crippen LogP contribution in [0.25, 0.3) is 0 Å². The second-order valence-electron chi connectivity index (χ2n) is 2.99. The molecule has 3 heteroatoms. The average molecular weight is 171 g/mol. The number of allylic oxidation sites excluding steroid dienone is 1. The second-order valence-corrected chi connectivity index (χ2v) is 2.99. The van der Waals surface area contributed by atoms with Crippen molar-refractivity contribution in [2.75, 3.05) is 0 Å². The molecule has 0 saturated heterocycles. The number of nitrogens with two attached hydrogens (primary N) is 1. The van der Waals surface area contributed by atoms with Crippen molar-refractivity contribution >= 4 is 5.91 Å². The number of carbonyl (C=O) groups excluding carboxylic acids is 1. The highest BCUT2D eigenvalue weighted by atomic mass is 16.3. The lowest BCUT2D eigenvalue weighted by Crippen LogP contribution is -2.31. The number of hydrogen-bond acceptors (Lipinski definition) is 2. The van der Waals surface area contributed by atoms with Gasteiger partial charge in [-0.15, -0.1) is 0 Å². The summed E-state index contributed by atoms with van der Waals surface area (Å²) in [5.41, 5.74) is 5.85. The molecule has 0 saturated carbocycles. The van der Waals surface area contributed by atoms with Crippen molar-refractivity contribution < 1.29 is 9.90 Å². The molecule has 0 spiro atoms. The van der Waals surface area contributed by atoms with E-state index in [4.69, 9.17) is 5.73 Å². The first-order valence-corrected chi connectivity index (χ1v) is 4.14. The van der Waals surface area contributed by atoms with Gasteiger partial charge in [0.05, 0.1) is 12.0 Å². The van der Waals surface area contributed by atoms with Crippen LogP contribution in [0.5, 0.6) is 0 Å². The van der Waals surface area contributed by atoms with Crippen LogP contribution >= 0.6 is 0 Å². The molecule has 12 heavy (non-hydrogen) atoms. The standard InChI is InChI=1S/C9H17NO2/c1-4-5-6(2)8(11)7(3)9(10)12/h5,7-8,11H,4H2,1-3H3,(H2,10,12)/b6-5+/t7-,8-/m1/s1. The molecular formula is C9H17NO2. The minimum atomic E-state index is -0.734. The molecular weight excluding hydrogens is 154 g/mol. The molecule has 0 unspecified atom stereocenters. The summed E-state index contributed by atoms with van der Waals surface area (Å²) >= 11 is 0. The Labute approximate surface area is 73.3 Å². The van der Waals surface area contributed by atoms with Gasteiger partial charge < -0.3 is 10.8 Å². The quantitative estimate of drug-likeness (QED) is 0.615. The summed E-state index contributed by atoms with van der Waals surface area (Å²) in [6.07, 6.45) is 2.01. The van der Waals surface area contributed by atoms with Gasteiger partial charge >= 0.3 is 0 Å². The first kappa shape index (κ1) is 11.2. The third-order valence-electron chi connectivity index (χ3n) is 1.92. The summed E-state index contributed by atoms with van der Waals surface area (Å²) in [6, 6.07) is 0. The third kappa shape index (κ3) is 3.05. The van der Waals surface area contributed by atoms with Crippen molar-refractivity contribution in [2.24, 2.45) is 11.7 Å². The van der Waals surface area contributed by atoms with Crippen molar-refractivity contribution in [1.29, 1.82) is 0 Å². The van der Waals surface area contributed by atoms with E-state index in [0.717, 1.165) is 12.0 Å². The fraction of sp³-hybridized carbons (Fsp3) is 0.667. The normalized spacial score (nSPS) is 17.2. The van der Waals surface area contributed by atoms with E-state index in [2.05, 4.69) is 0 Å². The van der Waals surface area contributed by atoms with Crippen molar-refractivity contribution in [3.05, 3.63) is 11.6 Å². The molecule has 0 aromatic heterocycles.